The van der Waals surface area contributed by atoms with E-state index < -0.39 is 39.8 Å². The van der Waals surface area contributed by atoms with Crippen LogP contribution in [0.5, 0.6) is 11.6 Å². The maximum atomic E-state index is 13.8. The molecule has 1 heterocycles. The van der Waals surface area contributed by atoms with E-state index in [0.29, 0.717) is 0 Å². The number of benzene rings is 2. The van der Waals surface area contributed by atoms with E-state index >= 15 is 0 Å². The van der Waals surface area contributed by atoms with E-state index in [2.05, 4.69) is 10.3 Å². The van der Waals surface area contributed by atoms with Crippen molar-refractivity contribution >= 4 is 17.3 Å². The van der Waals surface area contributed by atoms with Crippen LogP contribution in [0.4, 0.5) is 28.9 Å². The van der Waals surface area contributed by atoms with Crippen molar-refractivity contribution < 1.29 is 32.0 Å². The number of pyridine rings is 1. The molecule has 0 saturated carbocycles. The Hall–Kier alpha value is -4.02. The summed E-state index contributed by atoms with van der Waals surface area (Å²) in [5.74, 6) is -2.13. The van der Waals surface area contributed by atoms with Gasteiger partial charge in [0.05, 0.1) is 16.2 Å². The van der Waals surface area contributed by atoms with E-state index in [4.69, 9.17) is 4.74 Å². The number of aromatic nitrogens is 1. The van der Waals surface area contributed by atoms with Crippen LogP contribution in [-0.4, -0.2) is 15.8 Å². The Morgan fingerprint density at radius 1 is 1.07 bits per heavy atom. The number of ether oxygens (including phenoxy) is 1. The predicted molar refractivity (Wildman–Crippen MR) is 96.8 cm³/mol. The molecule has 154 valence electrons. The van der Waals surface area contributed by atoms with Gasteiger partial charge in [-0.1, -0.05) is 12.1 Å². The van der Waals surface area contributed by atoms with Gasteiger partial charge in [-0.05, 0) is 30.3 Å². The summed E-state index contributed by atoms with van der Waals surface area (Å²) in [6.45, 7) is 0. The summed E-state index contributed by atoms with van der Waals surface area (Å²) >= 11 is 0. The molecule has 0 aliphatic rings. The van der Waals surface area contributed by atoms with Gasteiger partial charge in [0.2, 0.25) is 5.88 Å². The normalized spacial score (nSPS) is 11.1. The van der Waals surface area contributed by atoms with Crippen LogP contribution in [0, 0.1) is 15.9 Å². The second-order valence-electron chi connectivity index (χ2n) is 5.86. The third-order valence-corrected chi connectivity index (χ3v) is 3.75. The number of amides is 1. The van der Waals surface area contributed by atoms with Crippen molar-refractivity contribution in [3.63, 3.8) is 0 Å². The minimum absolute atomic E-state index is 0.153. The molecule has 0 bridgehead atoms. The molecular formula is C19H11F4N3O4. The number of rotatable bonds is 5. The molecule has 1 N–H and O–H groups in total. The Labute approximate surface area is 166 Å². The Morgan fingerprint density at radius 3 is 2.50 bits per heavy atom. The highest BCUT2D eigenvalue weighted by molar-refractivity contribution is 6.03. The molecule has 3 rings (SSSR count). The van der Waals surface area contributed by atoms with Gasteiger partial charge in [0.25, 0.3) is 11.6 Å². The first-order chi connectivity index (χ1) is 14.1. The van der Waals surface area contributed by atoms with Gasteiger partial charge in [-0.25, -0.2) is 9.37 Å². The van der Waals surface area contributed by atoms with Crippen LogP contribution >= 0.6 is 0 Å². The number of hydrogen-bond acceptors (Lipinski definition) is 5. The maximum absolute atomic E-state index is 13.8. The van der Waals surface area contributed by atoms with E-state index in [-0.39, 0.29) is 17.3 Å². The molecule has 0 radical (unpaired) electrons. The number of nitrogens with zero attached hydrogens (tertiary/aromatic N) is 2. The van der Waals surface area contributed by atoms with Crippen molar-refractivity contribution in [2.75, 3.05) is 5.32 Å². The number of alkyl halides is 3. The van der Waals surface area contributed by atoms with Crippen molar-refractivity contribution in [1.29, 1.82) is 0 Å². The standard InChI is InChI=1S/C19H11F4N3O4/c20-14-8-7-12(26(28)29)10-16(14)25-18(27)15-5-2-6-17(24-15)30-13-4-1-3-11(9-13)19(21,22)23/h1-10H,(H,25,27). The number of carbonyl (C=O) groups excluding carboxylic acids is 1. The fraction of sp³-hybridized carbons (Fsp3) is 0.0526. The molecule has 1 aromatic heterocycles. The number of hydrogen-bond donors (Lipinski definition) is 1. The number of nitrogens with one attached hydrogen (secondary N) is 1. The van der Waals surface area contributed by atoms with Crippen LogP contribution in [0.25, 0.3) is 0 Å². The van der Waals surface area contributed by atoms with Gasteiger partial charge in [-0.2, -0.15) is 13.2 Å². The van der Waals surface area contributed by atoms with Crippen molar-refractivity contribution in [2.24, 2.45) is 0 Å². The SMILES string of the molecule is O=C(Nc1cc([N+](=O)[O-])ccc1F)c1cccc(Oc2cccc(C(F)(F)F)c2)n1. The summed E-state index contributed by atoms with van der Waals surface area (Å²) in [6.07, 6.45) is -4.56. The van der Waals surface area contributed by atoms with E-state index in [1.165, 1.54) is 24.3 Å². The lowest BCUT2D eigenvalue weighted by atomic mass is 10.2. The molecule has 30 heavy (non-hydrogen) atoms. The van der Waals surface area contributed by atoms with E-state index in [0.717, 1.165) is 36.4 Å². The Bertz CT molecular complexity index is 1120. The first kappa shape index (κ1) is 20.7. The zero-order chi connectivity index (χ0) is 21.9. The molecule has 0 aliphatic heterocycles. The number of nitro groups is 1. The predicted octanol–water partition coefficient (Wildman–Crippen LogP) is 5.19. The van der Waals surface area contributed by atoms with Crippen molar-refractivity contribution in [2.45, 2.75) is 6.18 Å². The maximum Gasteiger partial charge on any atom is 0.416 e. The minimum Gasteiger partial charge on any atom is -0.439 e. The molecule has 3 aromatic rings. The summed E-state index contributed by atoms with van der Waals surface area (Å²) in [5.41, 5.74) is -2.03. The number of non-ortho nitro benzene ring substituents is 1. The van der Waals surface area contributed by atoms with Gasteiger partial charge in [-0.3, -0.25) is 14.9 Å². The Balaban J connectivity index is 1.80. The monoisotopic (exact) mass is 421 g/mol. The third-order valence-electron chi connectivity index (χ3n) is 3.75. The zero-order valence-corrected chi connectivity index (χ0v) is 14.8. The number of anilines is 1. The molecule has 0 spiro atoms. The molecule has 0 fully saturated rings. The van der Waals surface area contributed by atoms with Crippen molar-refractivity contribution in [1.82, 2.24) is 4.98 Å². The van der Waals surface area contributed by atoms with E-state index in [1.807, 2.05) is 0 Å². The van der Waals surface area contributed by atoms with Crippen LogP contribution in [-0.2, 0) is 6.18 Å². The summed E-state index contributed by atoms with van der Waals surface area (Å²) in [5, 5.41) is 13.0. The quantitative estimate of drug-likeness (QED) is 0.348. The molecule has 0 aliphatic carbocycles. The van der Waals surface area contributed by atoms with Gasteiger partial charge in [0.15, 0.2) is 0 Å². The lowest BCUT2D eigenvalue weighted by molar-refractivity contribution is -0.384. The van der Waals surface area contributed by atoms with Gasteiger partial charge in [0, 0.05) is 18.2 Å². The topological polar surface area (TPSA) is 94.4 Å². The molecule has 11 heteroatoms. The molecule has 0 atom stereocenters. The average Bonchev–Trinajstić information content (AvgIpc) is 2.69. The fourth-order valence-electron chi connectivity index (χ4n) is 2.36. The lowest BCUT2D eigenvalue weighted by Gasteiger charge is -2.10. The molecule has 2 aromatic carbocycles. The third kappa shape index (κ3) is 4.87. The highest BCUT2D eigenvalue weighted by atomic mass is 19.4. The largest absolute Gasteiger partial charge is 0.439 e. The van der Waals surface area contributed by atoms with Crippen LogP contribution in [0.2, 0.25) is 0 Å². The van der Waals surface area contributed by atoms with E-state index in [9.17, 15) is 32.5 Å². The number of halogens is 4. The first-order valence-corrected chi connectivity index (χ1v) is 8.21. The van der Waals surface area contributed by atoms with Crippen LogP contribution in [0.3, 0.4) is 0 Å². The summed E-state index contributed by atoms with van der Waals surface area (Å²) in [7, 11) is 0. The van der Waals surface area contributed by atoms with Gasteiger partial charge >= 0.3 is 6.18 Å². The van der Waals surface area contributed by atoms with Crippen LogP contribution < -0.4 is 10.1 Å². The molecule has 0 unspecified atom stereocenters. The molecule has 1 amide bonds. The highest BCUT2D eigenvalue weighted by Crippen LogP contribution is 2.32. The van der Waals surface area contributed by atoms with Gasteiger partial charge in [0.1, 0.15) is 17.3 Å². The zero-order valence-electron chi connectivity index (χ0n) is 14.8. The fourth-order valence-corrected chi connectivity index (χ4v) is 2.36. The van der Waals surface area contributed by atoms with Gasteiger partial charge in [-0.15, -0.1) is 0 Å². The highest BCUT2D eigenvalue weighted by Gasteiger charge is 2.30. The summed E-state index contributed by atoms with van der Waals surface area (Å²) in [4.78, 5) is 26.2. The Kier molecular flexibility index (Phi) is 5.63. The van der Waals surface area contributed by atoms with Crippen molar-refractivity contribution in [3.05, 3.63) is 87.9 Å². The molecule has 7 nitrogen and oxygen atoms in total. The van der Waals surface area contributed by atoms with E-state index in [1.54, 1.807) is 0 Å². The average molecular weight is 421 g/mol. The second-order valence-corrected chi connectivity index (χ2v) is 5.86. The van der Waals surface area contributed by atoms with Crippen LogP contribution in [0.15, 0.2) is 60.7 Å². The minimum atomic E-state index is -4.56. The smallest absolute Gasteiger partial charge is 0.416 e. The van der Waals surface area contributed by atoms with Gasteiger partial charge < -0.3 is 10.1 Å². The number of nitro benzene ring substituents is 1. The number of carbonyl (C=O) groups is 1. The second kappa shape index (κ2) is 8.15. The molecule has 0 saturated heterocycles. The van der Waals surface area contributed by atoms with Crippen molar-refractivity contribution in [3.8, 4) is 11.6 Å². The van der Waals surface area contributed by atoms with Crippen LogP contribution in [0.1, 0.15) is 16.1 Å². The summed E-state index contributed by atoms with van der Waals surface area (Å²) < 4.78 is 57.5. The molecular weight excluding hydrogens is 410 g/mol. The lowest BCUT2D eigenvalue weighted by Crippen LogP contribution is -2.15. The first-order valence-electron chi connectivity index (χ1n) is 8.21. The Morgan fingerprint density at radius 2 is 1.80 bits per heavy atom. The summed E-state index contributed by atoms with van der Waals surface area (Å²) in [6, 6.07) is 10.6.